The number of fused-ring (bicyclic) bond motifs is 1. The van der Waals surface area contributed by atoms with Crippen molar-refractivity contribution < 1.29 is 19.4 Å². The molecule has 182 valence electrons. The number of H-pyrrole nitrogens is 1. The third-order valence-corrected chi connectivity index (χ3v) is 5.45. The van der Waals surface area contributed by atoms with Crippen LogP contribution >= 0.6 is 0 Å². The number of carbonyl (C=O) groups is 1. The summed E-state index contributed by atoms with van der Waals surface area (Å²) in [5.41, 5.74) is 6.97. The van der Waals surface area contributed by atoms with Crippen molar-refractivity contribution in [3.05, 3.63) is 70.5 Å². The zero-order valence-electron chi connectivity index (χ0n) is 18.9. The first-order chi connectivity index (χ1) is 16.9. The van der Waals surface area contributed by atoms with E-state index in [2.05, 4.69) is 20.3 Å². The molecule has 3 aromatic rings. The van der Waals surface area contributed by atoms with Crippen LogP contribution in [0.3, 0.4) is 0 Å². The number of nitrogens with zero attached hydrogens (tertiary/aromatic N) is 3. The maximum atomic E-state index is 13.0. The van der Waals surface area contributed by atoms with Crippen LogP contribution in [-0.4, -0.2) is 63.1 Å². The summed E-state index contributed by atoms with van der Waals surface area (Å²) in [5, 5.41) is 22.4. The second-order valence-electron chi connectivity index (χ2n) is 7.69. The fraction of sp³-hybridized carbons (Fsp3) is 0.261. The van der Waals surface area contributed by atoms with E-state index in [9.17, 15) is 14.7 Å². The van der Waals surface area contributed by atoms with Gasteiger partial charge in [-0.3, -0.25) is 19.9 Å². The number of aromatic nitrogens is 3. The molecule has 1 aromatic carbocycles. The number of nitrogens with one attached hydrogen (secondary N) is 3. The average Bonchev–Trinajstić information content (AvgIpc) is 2.88. The summed E-state index contributed by atoms with van der Waals surface area (Å²) in [6.07, 6.45) is 1.61. The molecule has 12 nitrogen and oxygen atoms in total. The average molecular weight is 479 g/mol. The van der Waals surface area contributed by atoms with Crippen LogP contribution in [0.2, 0.25) is 0 Å². The molecule has 2 atom stereocenters. The molecule has 0 spiro atoms. The molecule has 1 aliphatic rings. The van der Waals surface area contributed by atoms with E-state index in [1.807, 2.05) is 0 Å². The summed E-state index contributed by atoms with van der Waals surface area (Å²) in [4.78, 5) is 37.5. The molecular weight excluding hydrogens is 454 g/mol. The number of hydrogen-bond acceptors (Lipinski definition) is 10. The lowest BCUT2D eigenvalue weighted by Crippen LogP contribution is -2.52. The molecule has 12 heteroatoms. The Kier molecular flexibility index (Phi) is 7.15. The van der Waals surface area contributed by atoms with E-state index in [1.165, 1.54) is 24.3 Å². The number of pyridine rings is 1. The fourth-order valence-corrected chi connectivity index (χ4v) is 3.61. The first-order valence-electron chi connectivity index (χ1n) is 10.8. The molecule has 1 saturated heterocycles. The van der Waals surface area contributed by atoms with Gasteiger partial charge >= 0.3 is 0 Å². The maximum absolute atomic E-state index is 13.0. The number of methoxy groups -OCH3 is 1. The van der Waals surface area contributed by atoms with Crippen molar-refractivity contribution in [3.63, 3.8) is 0 Å². The van der Waals surface area contributed by atoms with Gasteiger partial charge in [-0.15, -0.1) is 0 Å². The number of hydrogen-bond donors (Lipinski definition) is 5. The lowest BCUT2D eigenvalue weighted by atomic mass is 10.1. The van der Waals surface area contributed by atoms with E-state index < -0.39 is 23.7 Å². The van der Waals surface area contributed by atoms with Crippen molar-refractivity contribution in [2.45, 2.75) is 18.8 Å². The summed E-state index contributed by atoms with van der Waals surface area (Å²) in [6.45, 7) is 0.501. The highest BCUT2D eigenvalue weighted by atomic mass is 16.5. The van der Waals surface area contributed by atoms with Crippen LogP contribution in [-0.2, 0) is 16.1 Å². The largest absolute Gasteiger partial charge is 0.481 e. The summed E-state index contributed by atoms with van der Waals surface area (Å²) in [7, 11) is 1.51. The quantitative estimate of drug-likeness (QED) is 0.240. The normalized spacial score (nSPS) is 17.1. The number of aliphatic hydroxyl groups is 1. The molecule has 1 amide bonds. The highest BCUT2D eigenvalue weighted by Crippen LogP contribution is 2.22. The zero-order valence-corrected chi connectivity index (χ0v) is 18.9. The Balaban J connectivity index is 1.48. The lowest BCUT2D eigenvalue weighted by molar-refractivity contribution is -0.157. The Hall–Kier alpha value is -4.13. The summed E-state index contributed by atoms with van der Waals surface area (Å²) in [5.74, 6) is -0.388. The van der Waals surface area contributed by atoms with Gasteiger partial charge in [0.05, 0.1) is 31.2 Å². The Morgan fingerprint density at radius 1 is 1.43 bits per heavy atom. The summed E-state index contributed by atoms with van der Waals surface area (Å²) >= 11 is 0. The van der Waals surface area contributed by atoms with Crippen molar-refractivity contribution in [1.29, 1.82) is 5.41 Å². The monoisotopic (exact) mass is 479 g/mol. The van der Waals surface area contributed by atoms with Gasteiger partial charge in [-0.25, -0.2) is 4.98 Å². The minimum Gasteiger partial charge on any atom is -0.481 e. The predicted octanol–water partition coefficient (Wildman–Crippen LogP) is 0.649. The number of ether oxygens (including phenoxy) is 2. The van der Waals surface area contributed by atoms with Gasteiger partial charge in [-0.05, 0) is 29.8 Å². The van der Waals surface area contributed by atoms with E-state index >= 15 is 0 Å². The number of aliphatic hydroxyl groups excluding tert-OH is 1. The number of benzene rings is 1. The zero-order chi connectivity index (χ0) is 24.9. The molecule has 6 N–H and O–H groups in total. The van der Waals surface area contributed by atoms with Gasteiger partial charge in [0.1, 0.15) is 17.8 Å². The van der Waals surface area contributed by atoms with Crippen LogP contribution in [0, 0.1) is 5.41 Å². The topological polar surface area (TPSA) is 180 Å². The molecule has 0 saturated carbocycles. The number of morpholine rings is 1. The molecule has 3 heterocycles. The van der Waals surface area contributed by atoms with Crippen LogP contribution < -0.4 is 21.3 Å². The van der Waals surface area contributed by atoms with E-state index in [-0.39, 0.29) is 31.4 Å². The third-order valence-electron chi connectivity index (χ3n) is 5.45. The first-order valence-corrected chi connectivity index (χ1v) is 10.8. The van der Waals surface area contributed by atoms with Crippen molar-refractivity contribution in [2.75, 3.05) is 25.6 Å². The SMILES string of the molecule is COc1cc(N/C=C\C(=N)N2CCO[C@H]([C@@H](O)c3nc(=O)c4cc(CN)ccc4[nH]3)C2=O)ccn1. The van der Waals surface area contributed by atoms with Crippen molar-refractivity contribution >= 4 is 28.3 Å². The number of nitrogens with two attached hydrogens (primary N) is 1. The first kappa shape index (κ1) is 24.0. The van der Waals surface area contributed by atoms with Gasteiger partial charge in [0.2, 0.25) is 5.88 Å². The van der Waals surface area contributed by atoms with E-state index in [0.29, 0.717) is 22.5 Å². The third kappa shape index (κ3) is 5.19. The molecular formula is C23H25N7O5. The van der Waals surface area contributed by atoms with Gasteiger partial charge in [0.15, 0.2) is 6.10 Å². The lowest BCUT2D eigenvalue weighted by Gasteiger charge is -2.33. The van der Waals surface area contributed by atoms with E-state index in [1.54, 1.807) is 36.5 Å². The number of carbonyl (C=O) groups excluding carboxylic acids is 1. The van der Waals surface area contributed by atoms with Crippen LogP contribution in [0.4, 0.5) is 5.69 Å². The summed E-state index contributed by atoms with van der Waals surface area (Å²) < 4.78 is 10.6. The predicted molar refractivity (Wildman–Crippen MR) is 128 cm³/mol. The van der Waals surface area contributed by atoms with Gasteiger partial charge in [-0.2, -0.15) is 4.98 Å². The highest BCUT2D eigenvalue weighted by molar-refractivity contribution is 6.04. The Morgan fingerprint density at radius 2 is 2.26 bits per heavy atom. The smallest absolute Gasteiger partial charge is 0.280 e. The molecule has 1 fully saturated rings. The number of amidine groups is 1. The summed E-state index contributed by atoms with van der Waals surface area (Å²) in [6, 6.07) is 8.44. The Bertz CT molecular complexity index is 1340. The minimum absolute atomic E-state index is 0.0936. The van der Waals surface area contributed by atoms with Crippen molar-refractivity contribution in [2.24, 2.45) is 5.73 Å². The van der Waals surface area contributed by atoms with Crippen LogP contribution in [0.15, 0.2) is 53.6 Å². The second kappa shape index (κ2) is 10.4. The molecule has 0 radical (unpaired) electrons. The van der Waals surface area contributed by atoms with Crippen molar-refractivity contribution in [1.82, 2.24) is 19.9 Å². The number of anilines is 1. The van der Waals surface area contributed by atoms with Crippen molar-refractivity contribution in [3.8, 4) is 5.88 Å². The van der Waals surface area contributed by atoms with Crippen LogP contribution in [0.5, 0.6) is 5.88 Å². The maximum Gasteiger partial charge on any atom is 0.280 e. The molecule has 35 heavy (non-hydrogen) atoms. The molecule has 0 aliphatic carbocycles. The highest BCUT2D eigenvalue weighted by Gasteiger charge is 2.38. The molecule has 4 rings (SSSR count). The van der Waals surface area contributed by atoms with Gasteiger partial charge in [-0.1, -0.05) is 6.07 Å². The van der Waals surface area contributed by atoms with Gasteiger partial charge in [0.25, 0.3) is 11.5 Å². The van der Waals surface area contributed by atoms with Crippen LogP contribution in [0.1, 0.15) is 17.5 Å². The number of amides is 1. The number of rotatable bonds is 7. The molecule has 0 bridgehead atoms. The number of aromatic amines is 1. The molecule has 0 unspecified atom stereocenters. The standard InChI is InChI=1S/C23H25N7O5/c1-34-18-11-14(4-6-27-18)26-7-5-17(25)30-8-9-35-20(23(30)33)19(31)21-28-16-3-2-13(12-24)10-15(16)22(32)29-21/h2-7,10-11,19-20,25,31H,8-9,12,24H2,1H3,(H,26,27)(H,28,29,32)/b7-5-,25-17?/t19-,20-/m1/s1. The minimum atomic E-state index is -1.53. The Labute approximate surface area is 199 Å². The van der Waals surface area contributed by atoms with E-state index in [0.717, 1.165) is 5.56 Å². The Morgan fingerprint density at radius 3 is 3.03 bits per heavy atom. The van der Waals surface area contributed by atoms with Crippen LogP contribution in [0.25, 0.3) is 10.9 Å². The second-order valence-corrected chi connectivity index (χ2v) is 7.69. The molecule has 2 aromatic heterocycles. The van der Waals surface area contributed by atoms with Gasteiger partial charge < -0.3 is 30.6 Å². The van der Waals surface area contributed by atoms with Gasteiger partial charge in [0, 0.05) is 30.7 Å². The molecule has 1 aliphatic heterocycles. The van der Waals surface area contributed by atoms with E-state index in [4.69, 9.17) is 20.6 Å². The fourth-order valence-electron chi connectivity index (χ4n) is 3.61.